The Balaban J connectivity index is 2.05. The lowest BCUT2D eigenvalue weighted by atomic mass is 9.90. The summed E-state index contributed by atoms with van der Waals surface area (Å²) in [6, 6.07) is 0. The monoisotopic (exact) mass is 277 g/mol. The highest BCUT2D eigenvalue weighted by Crippen LogP contribution is 2.27. The van der Waals surface area contributed by atoms with Crippen molar-refractivity contribution in [2.24, 2.45) is 0 Å². The van der Waals surface area contributed by atoms with Crippen LogP contribution in [0.5, 0.6) is 5.75 Å². The Morgan fingerprint density at radius 2 is 2.00 bits per heavy atom. The van der Waals surface area contributed by atoms with E-state index in [-0.39, 0.29) is 0 Å². The van der Waals surface area contributed by atoms with Crippen LogP contribution in [0, 0.1) is 13.8 Å². The topological polar surface area (TPSA) is 37.4 Å². The van der Waals surface area contributed by atoms with Crippen LogP contribution >= 0.6 is 0 Å². The van der Waals surface area contributed by atoms with Gasteiger partial charge in [0.15, 0.2) is 0 Å². The number of pyridine rings is 1. The van der Waals surface area contributed by atoms with Gasteiger partial charge in [0.1, 0.15) is 5.75 Å². The average Bonchev–Trinajstić information content (AvgIpc) is 2.45. The van der Waals surface area contributed by atoms with Crippen molar-refractivity contribution in [3.63, 3.8) is 0 Å². The van der Waals surface area contributed by atoms with E-state index < -0.39 is 0 Å². The molecule has 0 atom stereocenters. The molecule has 2 rings (SSSR count). The van der Waals surface area contributed by atoms with Gasteiger partial charge in [-0.3, -0.25) is 9.88 Å². The first-order chi connectivity index (χ1) is 9.49. The SMILES string of the molecule is CNC1(C)CCN(Cc2ncc(C)c(OC)c2C)CC1. The number of aromatic nitrogens is 1. The molecule has 0 spiro atoms. The summed E-state index contributed by atoms with van der Waals surface area (Å²) in [5.74, 6) is 0.979. The number of hydrogen-bond acceptors (Lipinski definition) is 4. The number of rotatable bonds is 4. The maximum atomic E-state index is 5.49. The molecule has 2 heterocycles. The highest BCUT2D eigenvalue weighted by molar-refractivity contribution is 5.41. The van der Waals surface area contributed by atoms with Gasteiger partial charge in [-0.15, -0.1) is 0 Å². The molecular weight excluding hydrogens is 250 g/mol. The van der Waals surface area contributed by atoms with Crippen molar-refractivity contribution in [2.75, 3.05) is 27.2 Å². The van der Waals surface area contributed by atoms with E-state index in [2.05, 4.69) is 36.1 Å². The zero-order valence-electron chi connectivity index (χ0n) is 13.4. The second kappa shape index (κ2) is 6.10. The number of nitrogens with one attached hydrogen (secondary N) is 1. The quantitative estimate of drug-likeness (QED) is 0.916. The van der Waals surface area contributed by atoms with Crippen molar-refractivity contribution < 1.29 is 4.74 Å². The number of aryl methyl sites for hydroxylation is 1. The molecule has 1 saturated heterocycles. The van der Waals surface area contributed by atoms with E-state index >= 15 is 0 Å². The van der Waals surface area contributed by atoms with Crippen LogP contribution in [0.1, 0.15) is 36.6 Å². The van der Waals surface area contributed by atoms with E-state index in [4.69, 9.17) is 4.74 Å². The van der Waals surface area contributed by atoms with Crippen LogP contribution in [0.4, 0.5) is 0 Å². The highest BCUT2D eigenvalue weighted by Gasteiger charge is 2.28. The molecule has 1 aliphatic rings. The molecule has 1 aliphatic heterocycles. The van der Waals surface area contributed by atoms with Crippen LogP contribution in [-0.4, -0.2) is 42.7 Å². The molecule has 0 saturated carbocycles. The van der Waals surface area contributed by atoms with E-state index in [1.165, 1.54) is 18.4 Å². The largest absolute Gasteiger partial charge is 0.496 e. The van der Waals surface area contributed by atoms with Gasteiger partial charge in [0, 0.05) is 42.5 Å². The highest BCUT2D eigenvalue weighted by atomic mass is 16.5. The van der Waals surface area contributed by atoms with Gasteiger partial charge in [-0.2, -0.15) is 0 Å². The van der Waals surface area contributed by atoms with Crippen LogP contribution in [-0.2, 0) is 6.54 Å². The summed E-state index contributed by atoms with van der Waals surface area (Å²) in [5.41, 5.74) is 3.72. The third kappa shape index (κ3) is 3.13. The first-order valence-electron chi connectivity index (χ1n) is 7.39. The zero-order valence-corrected chi connectivity index (χ0v) is 13.4. The summed E-state index contributed by atoms with van der Waals surface area (Å²) in [4.78, 5) is 7.09. The lowest BCUT2D eigenvalue weighted by Gasteiger charge is -2.39. The van der Waals surface area contributed by atoms with Gasteiger partial charge in [0.25, 0.3) is 0 Å². The number of likely N-dealkylation sites (tertiary alicyclic amines) is 1. The molecular formula is C16H27N3O. The molecule has 1 fully saturated rings. The Labute approximate surface area is 122 Å². The fraction of sp³-hybridized carbons (Fsp3) is 0.688. The van der Waals surface area contributed by atoms with Gasteiger partial charge in [-0.1, -0.05) is 0 Å². The molecule has 0 unspecified atom stereocenters. The van der Waals surface area contributed by atoms with Crippen molar-refractivity contribution in [3.05, 3.63) is 23.0 Å². The second-order valence-electron chi connectivity index (χ2n) is 6.13. The van der Waals surface area contributed by atoms with E-state index in [1.54, 1.807) is 7.11 Å². The molecule has 4 nitrogen and oxygen atoms in total. The second-order valence-corrected chi connectivity index (χ2v) is 6.13. The van der Waals surface area contributed by atoms with Crippen molar-refractivity contribution in [2.45, 2.75) is 45.7 Å². The van der Waals surface area contributed by atoms with Crippen LogP contribution in [0.25, 0.3) is 0 Å². The molecule has 0 aromatic carbocycles. The molecule has 112 valence electrons. The number of nitrogens with zero attached hydrogens (tertiary/aromatic N) is 2. The summed E-state index contributed by atoms with van der Waals surface area (Å²) in [5, 5.41) is 3.44. The van der Waals surface area contributed by atoms with Gasteiger partial charge < -0.3 is 10.1 Å². The Bertz CT molecular complexity index is 465. The van der Waals surface area contributed by atoms with Gasteiger partial charge in [0.2, 0.25) is 0 Å². The summed E-state index contributed by atoms with van der Waals surface area (Å²) in [6.45, 7) is 9.62. The predicted octanol–water partition coefficient (Wildman–Crippen LogP) is 2.28. The minimum absolute atomic E-state index is 0.296. The molecule has 4 heteroatoms. The molecule has 1 aromatic heterocycles. The minimum Gasteiger partial charge on any atom is -0.496 e. The van der Waals surface area contributed by atoms with Crippen molar-refractivity contribution in [1.29, 1.82) is 0 Å². The van der Waals surface area contributed by atoms with Crippen molar-refractivity contribution in [1.82, 2.24) is 15.2 Å². The summed E-state index contributed by atoms with van der Waals surface area (Å²) >= 11 is 0. The minimum atomic E-state index is 0.296. The Hall–Kier alpha value is -1.13. The zero-order chi connectivity index (χ0) is 14.8. The van der Waals surface area contributed by atoms with Crippen molar-refractivity contribution in [3.8, 4) is 5.75 Å². The number of methoxy groups -OCH3 is 1. The van der Waals surface area contributed by atoms with Gasteiger partial charge >= 0.3 is 0 Å². The van der Waals surface area contributed by atoms with Gasteiger partial charge in [0.05, 0.1) is 12.8 Å². The third-order valence-corrected chi connectivity index (χ3v) is 4.69. The van der Waals surface area contributed by atoms with Crippen LogP contribution in [0.15, 0.2) is 6.20 Å². The van der Waals surface area contributed by atoms with E-state index in [9.17, 15) is 0 Å². The molecule has 0 amide bonds. The number of hydrogen-bond donors (Lipinski definition) is 1. The Kier molecular flexibility index (Phi) is 4.66. The van der Waals surface area contributed by atoms with E-state index in [0.29, 0.717) is 5.54 Å². The van der Waals surface area contributed by atoms with Crippen LogP contribution in [0.2, 0.25) is 0 Å². The smallest absolute Gasteiger partial charge is 0.128 e. The van der Waals surface area contributed by atoms with E-state index in [1.807, 2.05) is 13.1 Å². The van der Waals surface area contributed by atoms with Gasteiger partial charge in [-0.05, 0) is 40.7 Å². The lowest BCUT2D eigenvalue weighted by molar-refractivity contribution is 0.144. The van der Waals surface area contributed by atoms with E-state index in [0.717, 1.165) is 36.6 Å². The maximum Gasteiger partial charge on any atom is 0.128 e. The molecule has 0 bridgehead atoms. The predicted molar refractivity (Wildman–Crippen MR) is 82.2 cm³/mol. The molecule has 0 radical (unpaired) electrons. The normalized spacial score (nSPS) is 19.1. The third-order valence-electron chi connectivity index (χ3n) is 4.69. The summed E-state index contributed by atoms with van der Waals surface area (Å²) in [7, 11) is 3.80. The number of ether oxygens (including phenoxy) is 1. The molecule has 0 aliphatic carbocycles. The van der Waals surface area contributed by atoms with Crippen LogP contribution in [0.3, 0.4) is 0 Å². The Morgan fingerprint density at radius 3 is 2.55 bits per heavy atom. The summed E-state index contributed by atoms with van der Waals surface area (Å²) in [6.07, 6.45) is 4.29. The Morgan fingerprint density at radius 1 is 1.35 bits per heavy atom. The summed E-state index contributed by atoms with van der Waals surface area (Å²) < 4.78 is 5.49. The van der Waals surface area contributed by atoms with Gasteiger partial charge in [-0.25, -0.2) is 0 Å². The molecule has 1 N–H and O–H groups in total. The maximum absolute atomic E-state index is 5.49. The van der Waals surface area contributed by atoms with Crippen molar-refractivity contribution >= 4 is 0 Å². The fourth-order valence-corrected chi connectivity index (χ4v) is 2.90. The first kappa shape index (κ1) is 15.3. The molecule has 1 aromatic rings. The van der Waals surface area contributed by atoms with Crippen LogP contribution < -0.4 is 10.1 Å². The number of piperidine rings is 1. The molecule has 20 heavy (non-hydrogen) atoms. The standard InChI is InChI=1S/C16H27N3O/c1-12-10-18-14(13(2)15(12)20-5)11-19-8-6-16(3,17-4)7-9-19/h10,17H,6-9,11H2,1-5H3. The lowest BCUT2D eigenvalue weighted by Crippen LogP contribution is -2.49. The fourth-order valence-electron chi connectivity index (χ4n) is 2.90. The average molecular weight is 277 g/mol. The first-order valence-corrected chi connectivity index (χ1v) is 7.39.